The summed E-state index contributed by atoms with van der Waals surface area (Å²) in [5.74, 6) is -0.319. The summed E-state index contributed by atoms with van der Waals surface area (Å²) in [5.41, 5.74) is 6.77. The first-order chi connectivity index (χ1) is 9.47. The largest absolute Gasteiger partial charge is 0.347 e. The Morgan fingerprint density at radius 3 is 2.30 bits per heavy atom. The van der Waals surface area contributed by atoms with Gasteiger partial charge in [0.1, 0.15) is 6.04 Å². The van der Waals surface area contributed by atoms with Gasteiger partial charge in [-0.15, -0.1) is 0 Å². The van der Waals surface area contributed by atoms with Gasteiger partial charge in [0.05, 0.1) is 6.54 Å². The molecule has 5 nitrogen and oxygen atoms in total. The van der Waals surface area contributed by atoms with Crippen LogP contribution in [-0.2, 0) is 9.59 Å². The van der Waals surface area contributed by atoms with E-state index in [4.69, 9.17) is 5.73 Å². The van der Waals surface area contributed by atoms with Crippen molar-refractivity contribution in [3.63, 3.8) is 0 Å². The van der Waals surface area contributed by atoms with E-state index in [9.17, 15) is 9.59 Å². The van der Waals surface area contributed by atoms with Crippen LogP contribution in [0.25, 0.3) is 0 Å². The zero-order valence-corrected chi connectivity index (χ0v) is 12.4. The van der Waals surface area contributed by atoms with E-state index in [1.54, 1.807) is 14.1 Å². The number of nitrogens with zero attached hydrogens (tertiary/aromatic N) is 2. The highest BCUT2D eigenvalue weighted by Gasteiger charge is 2.24. The summed E-state index contributed by atoms with van der Waals surface area (Å²) in [7, 11) is 3.35. The number of carbonyl (C=O) groups excluding carboxylic acids is 2. The lowest BCUT2D eigenvalue weighted by atomic mass is 10.1. The number of nitrogens with two attached hydrogens (primary N) is 1. The maximum atomic E-state index is 12.4. The predicted octanol–water partition coefficient (Wildman–Crippen LogP) is 1.01. The van der Waals surface area contributed by atoms with Crippen molar-refractivity contribution in [2.45, 2.75) is 19.4 Å². The molecule has 2 amide bonds. The van der Waals surface area contributed by atoms with Crippen molar-refractivity contribution in [2.75, 3.05) is 27.2 Å². The van der Waals surface area contributed by atoms with Crippen molar-refractivity contribution in [1.82, 2.24) is 9.80 Å². The van der Waals surface area contributed by atoms with Gasteiger partial charge in [-0.1, -0.05) is 37.3 Å². The summed E-state index contributed by atoms with van der Waals surface area (Å²) in [4.78, 5) is 27.2. The predicted molar refractivity (Wildman–Crippen MR) is 78.9 cm³/mol. The summed E-state index contributed by atoms with van der Waals surface area (Å²) in [5, 5.41) is 0. The van der Waals surface area contributed by atoms with E-state index in [1.165, 1.54) is 9.80 Å². The summed E-state index contributed by atoms with van der Waals surface area (Å²) in [6, 6.07) is 8.48. The van der Waals surface area contributed by atoms with Crippen LogP contribution in [0.15, 0.2) is 30.3 Å². The fourth-order valence-corrected chi connectivity index (χ4v) is 1.84. The number of hydrogen-bond donors (Lipinski definition) is 1. The molecule has 1 aromatic carbocycles. The van der Waals surface area contributed by atoms with Crippen LogP contribution in [0.4, 0.5) is 0 Å². The molecule has 1 rings (SSSR count). The second kappa shape index (κ2) is 7.65. The fraction of sp³-hybridized carbons (Fsp3) is 0.467. The molecule has 0 bridgehead atoms. The minimum absolute atomic E-state index is 0.0696. The van der Waals surface area contributed by atoms with E-state index in [0.717, 1.165) is 12.0 Å². The van der Waals surface area contributed by atoms with E-state index in [-0.39, 0.29) is 18.4 Å². The molecule has 20 heavy (non-hydrogen) atoms. The smallest absolute Gasteiger partial charge is 0.244 e. The third-order valence-corrected chi connectivity index (χ3v) is 3.05. The van der Waals surface area contributed by atoms with Crippen molar-refractivity contribution in [3.8, 4) is 0 Å². The van der Waals surface area contributed by atoms with E-state index in [2.05, 4.69) is 0 Å². The second-order valence-electron chi connectivity index (χ2n) is 4.94. The van der Waals surface area contributed by atoms with Gasteiger partial charge in [0.15, 0.2) is 0 Å². The van der Waals surface area contributed by atoms with Crippen LogP contribution < -0.4 is 5.73 Å². The maximum Gasteiger partial charge on any atom is 0.244 e. The van der Waals surface area contributed by atoms with Crippen LogP contribution in [0, 0.1) is 0 Å². The fourth-order valence-electron chi connectivity index (χ4n) is 1.84. The molecular weight excluding hydrogens is 254 g/mol. The Hall–Kier alpha value is -1.88. The number of amides is 2. The van der Waals surface area contributed by atoms with Crippen molar-refractivity contribution in [2.24, 2.45) is 5.73 Å². The lowest BCUT2D eigenvalue weighted by molar-refractivity contribution is -0.140. The Morgan fingerprint density at radius 2 is 1.80 bits per heavy atom. The lowest BCUT2D eigenvalue weighted by Gasteiger charge is -2.26. The Morgan fingerprint density at radius 1 is 1.20 bits per heavy atom. The van der Waals surface area contributed by atoms with E-state index in [0.29, 0.717) is 6.54 Å². The highest BCUT2D eigenvalue weighted by molar-refractivity contribution is 5.88. The molecule has 1 aromatic rings. The quantitative estimate of drug-likeness (QED) is 0.844. The summed E-state index contributed by atoms with van der Waals surface area (Å²) >= 11 is 0. The Balaban J connectivity index is 2.80. The van der Waals surface area contributed by atoms with Gasteiger partial charge >= 0.3 is 0 Å². The molecular formula is C15H23N3O2. The summed E-state index contributed by atoms with van der Waals surface area (Å²) in [6.07, 6.45) is 0.786. The second-order valence-corrected chi connectivity index (χ2v) is 4.94. The number of benzene rings is 1. The molecule has 0 heterocycles. The molecule has 2 N–H and O–H groups in total. The maximum absolute atomic E-state index is 12.4. The molecule has 0 saturated carbocycles. The normalized spacial score (nSPS) is 11.8. The summed E-state index contributed by atoms with van der Waals surface area (Å²) in [6.45, 7) is 2.56. The van der Waals surface area contributed by atoms with Crippen LogP contribution in [0.2, 0.25) is 0 Å². The summed E-state index contributed by atoms with van der Waals surface area (Å²) < 4.78 is 0. The first-order valence-corrected chi connectivity index (χ1v) is 6.76. The van der Waals surface area contributed by atoms with E-state index < -0.39 is 6.04 Å². The Kier molecular flexibility index (Phi) is 6.18. The van der Waals surface area contributed by atoms with Gasteiger partial charge in [-0.3, -0.25) is 9.59 Å². The highest BCUT2D eigenvalue weighted by Crippen LogP contribution is 2.13. The van der Waals surface area contributed by atoms with Gasteiger partial charge in [0.25, 0.3) is 0 Å². The first kappa shape index (κ1) is 16.2. The molecule has 0 aromatic heterocycles. The first-order valence-electron chi connectivity index (χ1n) is 6.76. The lowest BCUT2D eigenvalue weighted by Crippen LogP contribution is -2.44. The molecule has 0 fully saturated rings. The van der Waals surface area contributed by atoms with Crippen LogP contribution >= 0.6 is 0 Å². The average molecular weight is 277 g/mol. The number of rotatable bonds is 6. The van der Waals surface area contributed by atoms with Gasteiger partial charge in [-0.05, 0) is 12.0 Å². The van der Waals surface area contributed by atoms with Crippen molar-refractivity contribution in [1.29, 1.82) is 0 Å². The van der Waals surface area contributed by atoms with Crippen molar-refractivity contribution >= 4 is 11.8 Å². The van der Waals surface area contributed by atoms with Gasteiger partial charge in [-0.2, -0.15) is 0 Å². The van der Waals surface area contributed by atoms with Gasteiger partial charge < -0.3 is 15.5 Å². The monoisotopic (exact) mass is 277 g/mol. The van der Waals surface area contributed by atoms with E-state index in [1.807, 2.05) is 37.3 Å². The molecule has 0 aliphatic carbocycles. The third-order valence-electron chi connectivity index (χ3n) is 3.05. The zero-order chi connectivity index (χ0) is 15.1. The minimum atomic E-state index is -0.724. The zero-order valence-electron chi connectivity index (χ0n) is 12.4. The minimum Gasteiger partial charge on any atom is -0.347 e. The molecule has 0 saturated heterocycles. The van der Waals surface area contributed by atoms with Gasteiger partial charge in [-0.25, -0.2) is 0 Å². The molecule has 0 radical (unpaired) electrons. The molecule has 0 aliphatic heterocycles. The Bertz CT molecular complexity index is 446. The van der Waals surface area contributed by atoms with Gasteiger partial charge in [0.2, 0.25) is 11.8 Å². The van der Waals surface area contributed by atoms with E-state index >= 15 is 0 Å². The molecule has 1 atom stereocenters. The average Bonchev–Trinajstić information content (AvgIpc) is 2.46. The van der Waals surface area contributed by atoms with Crippen molar-refractivity contribution in [3.05, 3.63) is 35.9 Å². The Labute approximate surface area is 120 Å². The molecule has 5 heteroatoms. The third kappa shape index (κ3) is 4.35. The molecule has 0 aliphatic rings. The van der Waals surface area contributed by atoms with Gasteiger partial charge in [0, 0.05) is 20.6 Å². The van der Waals surface area contributed by atoms with Crippen LogP contribution in [-0.4, -0.2) is 48.8 Å². The number of hydrogen-bond acceptors (Lipinski definition) is 3. The van der Waals surface area contributed by atoms with Crippen LogP contribution in [0.1, 0.15) is 24.9 Å². The molecule has 110 valence electrons. The van der Waals surface area contributed by atoms with Crippen molar-refractivity contribution < 1.29 is 9.59 Å². The topological polar surface area (TPSA) is 66.6 Å². The SMILES string of the molecule is CCCN(CC(=O)N(C)C)C(=O)[C@@H](N)c1ccccc1. The number of likely N-dealkylation sites (N-methyl/N-ethyl adjacent to an activating group) is 1. The standard InChI is InChI=1S/C15H23N3O2/c1-4-10-18(11-13(19)17(2)3)15(20)14(16)12-8-6-5-7-9-12/h5-9,14H,4,10-11,16H2,1-3H3/t14-/m0/s1. The molecule has 0 spiro atoms. The van der Waals surface area contributed by atoms with Crippen LogP contribution in [0.5, 0.6) is 0 Å². The molecule has 0 unspecified atom stereocenters. The number of carbonyl (C=O) groups is 2. The highest BCUT2D eigenvalue weighted by atomic mass is 16.2. The van der Waals surface area contributed by atoms with Crippen LogP contribution in [0.3, 0.4) is 0 Å².